The van der Waals surface area contributed by atoms with Gasteiger partial charge in [-0.15, -0.1) is 0 Å². The summed E-state index contributed by atoms with van der Waals surface area (Å²) >= 11 is 5.83. The summed E-state index contributed by atoms with van der Waals surface area (Å²) in [5.74, 6) is -0.123. The van der Waals surface area contributed by atoms with E-state index < -0.39 is 18.9 Å². The lowest BCUT2D eigenvalue weighted by Crippen LogP contribution is -2.33. The summed E-state index contributed by atoms with van der Waals surface area (Å²) in [6.07, 6.45) is 4.09. The molecule has 0 amide bonds. The maximum Gasteiger partial charge on any atom is 0.409 e. The molecule has 0 aromatic heterocycles. The number of esters is 1. The van der Waals surface area contributed by atoms with Gasteiger partial charge in [-0.1, -0.05) is 44.4 Å². The number of unbranched alkanes of at least 4 members (excludes halogenated alkanes) is 3. The van der Waals surface area contributed by atoms with Crippen molar-refractivity contribution in [3.63, 3.8) is 0 Å². The van der Waals surface area contributed by atoms with Crippen molar-refractivity contribution in [3.05, 3.63) is 30.3 Å². The molecule has 0 radical (unpaired) electrons. The van der Waals surface area contributed by atoms with Gasteiger partial charge in [0.1, 0.15) is 11.8 Å². The van der Waals surface area contributed by atoms with Crippen LogP contribution in [0.2, 0.25) is 0 Å². The number of hydrogen-bond donors (Lipinski definition) is 1. The van der Waals surface area contributed by atoms with Crippen LogP contribution in [0.5, 0.6) is 5.75 Å². The average Bonchev–Trinajstić information content (AvgIpc) is 2.46. The molecule has 0 aliphatic rings. The van der Waals surface area contributed by atoms with Gasteiger partial charge in [0.25, 0.3) is 0 Å². The molecule has 1 rings (SSSR count). The summed E-state index contributed by atoms with van der Waals surface area (Å²) in [6, 6.07) is 7.73. The topological polar surface area (TPSA) is 64.6 Å². The first-order valence-corrected chi connectivity index (χ1v) is 9.96. The number of para-hydroxylation sites is 1. The number of halogens is 1. The van der Waals surface area contributed by atoms with Crippen LogP contribution in [0, 0.1) is 0 Å². The fourth-order valence-electron chi connectivity index (χ4n) is 1.75. The number of hydrogen-bond acceptors (Lipinski definition) is 4. The summed E-state index contributed by atoms with van der Waals surface area (Å²) in [5, 5.41) is 2.48. The van der Waals surface area contributed by atoms with Gasteiger partial charge in [0.2, 0.25) is 0 Å². The standard InChI is InChI=1S/C15H23ClNO4P/c1-3-4-5-9-12-20-15(18)13(2)17-22(16,19)21-14-10-7-6-8-11-14/h6-8,10-11,13H,3-5,9,12H2,1-2H3,(H,17,19). The molecule has 5 nitrogen and oxygen atoms in total. The third kappa shape index (κ3) is 7.83. The van der Waals surface area contributed by atoms with E-state index in [2.05, 4.69) is 12.0 Å². The highest BCUT2D eigenvalue weighted by atomic mass is 35.7. The van der Waals surface area contributed by atoms with E-state index in [1.807, 2.05) is 0 Å². The van der Waals surface area contributed by atoms with Crippen LogP contribution in [0.4, 0.5) is 0 Å². The van der Waals surface area contributed by atoms with Crippen LogP contribution in [0.15, 0.2) is 30.3 Å². The lowest BCUT2D eigenvalue weighted by Gasteiger charge is -2.18. The normalized spacial score (nSPS) is 14.9. The van der Waals surface area contributed by atoms with E-state index in [9.17, 15) is 9.36 Å². The fourth-order valence-corrected chi connectivity index (χ4v) is 3.45. The van der Waals surface area contributed by atoms with Gasteiger partial charge in [-0.05, 0) is 25.5 Å². The van der Waals surface area contributed by atoms with E-state index >= 15 is 0 Å². The minimum Gasteiger partial charge on any atom is -0.465 e. The van der Waals surface area contributed by atoms with Crippen molar-refractivity contribution in [3.8, 4) is 5.75 Å². The number of ether oxygens (including phenoxy) is 1. The van der Waals surface area contributed by atoms with Crippen molar-refractivity contribution in [1.29, 1.82) is 0 Å². The van der Waals surface area contributed by atoms with Crippen LogP contribution in [0.3, 0.4) is 0 Å². The van der Waals surface area contributed by atoms with Crippen molar-refractivity contribution in [2.45, 2.75) is 45.6 Å². The van der Waals surface area contributed by atoms with Crippen molar-refractivity contribution < 1.29 is 18.6 Å². The molecule has 0 aliphatic heterocycles. The smallest absolute Gasteiger partial charge is 0.409 e. The quantitative estimate of drug-likeness (QED) is 0.383. The van der Waals surface area contributed by atoms with Crippen molar-refractivity contribution in [2.75, 3.05) is 6.61 Å². The van der Waals surface area contributed by atoms with Crippen LogP contribution in [-0.2, 0) is 14.1 Å². The molecule has 0 fully saturated rings. The first-order valence-electron chi connectivity index (χ1n) is 7.43. The molecule has 0 saturated carbocycles. The Balaban J connectivity index is 2.37. The Kier molecular flexibility index (Phi) is 8.54. The number of carbonyl (C=O) groups is 1. The highest BCUT2D eigenvalue weighted by Gasteiger charge is 2.27. The molecule has 0 saturated heterocycles. The van der Waals surface area contributed by atoms with Crippen LogP contribution in [0.25, 0.3) is 0 Å². The molecule has 0 spiro atoms. The Morgan fingerprint density at radius 1 is 1.27 bits per heavy atom. The van der Waals surface area contributed by atoms with Gasteiger partial charge in [-0.25, -0.2) is 9.65 Å². The first-order chi connectivity index (χ1) is 10.4. The van der Waals surface area contributed by atoms with Gasteiger partial charge in [0.05, 0.1) is 6.61 Å². The van der Waals surface area contributed by atoms with Gasteiger partial charge in [0, 0.05) is 11.2 Å². The number of nitrogens with one attached hydrogen (secondary N) is 1. The molecule has 22 heavy (non-hydrogen) atoms. The Labute approximate surface area is 136 Å². The minimum absolute atomic E-state index is 0.358. The van der Waals surface area contributed by atoms with Crippen LogP contribution in [0.1, 0.15) is 39.5 Å². The molecule has 124 valence electrons. The van der Waals surface area contributed by atoms with Gasteiger partial charge in [0.15, 0.2) is 0 Å². The van der Waals surface area contributed by atoms with E-state index in [0.717, 1.165) is 25.7 Å². The van der Waals surface area contributed by atoms with E-state index in [0.29, 0.717) is 12.4 Å². The van der Waals surface area contributed by atoms with E-state index in [1.54, 1.807) is 30.3 Å². The molecule has 2 atom stereocenters. The van der Waals surface area contributed by atoms with Gasteiger partial charge in [-0.2, -0.15) is 0 Å². The molecule has 0 heterocycles. The van der Waals surface area contributed by atoms with Crippen LogP contribution < -0.4 is 9.61 Å². The third-order valence-electron chi connectivity index (χ3n) is 2.91. The van der Waals surface area contributed by atoms with Crippen LogP contribution >= 0.6 is 18.1 Å². The lowest BCUT2D eigenvalue weighted by molar-refractivity contribution is -0.145. The van der Waals surface area contributed by atoms with Crippen LogP contribution in [-0.4, -0.2) is 18.6 Å². The van der Waals surface area contributed by atoms with Crippen molar-refractivity contribution >= 4 is 24.1 Å². The monoisotopic (exact) mass is 347 g/mol. The van der Waals surface area contributed by atoms with Gasteiger partial charge < -0.3 is 9.26 Å². The number of carbonyl (C=O) groups excluding carboxylic acids is 1. The highest BCUT2D eigenvalue weighted by molar-refractivity contribution is 7.84. The predicted molar refractivity (Wildman–Crippen MR) is 88.2 cm³/mol. The summed E-state index contributed by atoms with van der Waals surface area (Å²) in [6.45, 7) is 0.359. The molecule has 1 N–H and O–H groups in total. The molecule has 0 aliphatic carbocycles. The van der Waals surface area contributed by atoms with Crippen molar-refractivity contribution in [2.24, 2.45) is 0 Å². The maximum atomic E-state index is 12.1. The second kappa shape index (κ2) is 9.88. The number of rotatable bonds is 10. The molecular formula is C15H23ClNO4P. The predicted octanol–water partition coefficient (Wildman–Crippen LogP) is 4.51. The average molecular weight is 348 g/mol. The Morgan fingerprint density at radius 3 is 2.59 bits per heavy atom. The molecule has 0 bridgehead atoms. The summed E-state index contributed by atoms with van der Waals surface area (Å²) < 4.78 is 22.4. The highest BCUT2D eigenvalue weighted by Crippen LogP contribution is 2.48. The largest absolute Gasteiger partial charge is 0.465 e. The summed E-state index contributed by atoms with van der Waals surface area (Å²) in [7, 11) is 0. The summed E-state index contributed by atoms with van der Waals surface area (Å²) in [4.78, 5) is 11.8. The zero-order chi connectivity index (χ0) is 16.4. The van der Waals surface area contributed by atoms with E-state index in [-0.39, 0.29) is 0 Å². The molecule has 2 unspecified atom stereocenters. The first kappa shape index (κ1) is 19.0. The molecule has 1 aromatic rings. The fraction of sp³-hybridized carbons (Fsp3) is 0.533. The molecule has 7 heteroatoms. The second-order valence-corrected chi connectivity index (χ2v) is 7.70. The number of benzene rings is 1. The Hall–Kier alpha value is -1.03. The molecular weight excluding hydrogens is 325 g/mol. The van der Waals surface area contributed by atoms with E-state index in [4.69, 9.17) is 20.5 Å². The third-order valence-corrected chi connectivity index (χ3v) is 4.55. The minimum atomic E-state index is -3.65. The van der Waals surface area contributed by atoms with Gasteiger partial charge in [-0.3, -0.25) is 4.79 Å². The Morgan fingerprint density at radius 2 is 1.95 bits per heavy atom. The zero-order valence-electron chi connectivity index (χ0n) is 13.0. The molecule has 1 aromatic carbocycles. The van der Waals surface area contributed by atoms with Gasteiger partial charge >= 0.3 is 12.8 Å². The maximum absolute atomic E-state index is 12.1. The second-order valence-electron chi connectivity index (χ2n) is 4.96. The zero-order valence-corrected chi connectivity index (χ0v) is 14.6. The lowest BCUT2D eigenvalue weighted by atomic mass is 10.2. The Bertz CT molecular complexity index is 498. The van der Waals surface area contributed by atoms with E-state index in [1.165, 1.54) is 6.92 Å². The SMILES string of the molecule is CCCCCCOC(=O)C(C)NP(=O)(Cl)Oc1ccccc1. The summed E-state index contributed by atoms with van der Waals surface area (Å²) in [5.41, 5.74) is 0. The van der Waals surface area contributed by atoms with Crippen molar-refractivity contribution in [1.82, 2.24) is 5.09 Å².